The molecule has 1 saturated heterocycles. The number of carbonyl (C=O) groups is 1. The van der Waals surface area contributed by atoms with Crippen LogP contribution in [0.2, 0.25) is 0 Å². The van der Waals surface area contributed by atoms with Gasteiger partial charge < -0.3 is 15.0 Å². The van der Waals surface area contributed by atoms with Crippen LogP contribution in [-0.4, -0.2) is 41.2 Å². The Hall–Kier alpha value is -2.47. The SMILES string of the molecule is Cc1ccccc1CC(=O)N[C@@H]1CC(C)(C)Cc2nc(N3C[C@@H](C)O[C@@H](C)C3)ncc21. The summed E-state index contributed by atoms with van der Waals surface area (Å²) in [6.45, 7) is 12.3. The van der Waals surface area contributed by atoms with E-state index in [9.17, 15) is 4.79 Å². The van der Waals surface area contributed by atoms with E-state index < -0.39 is 0 Å². The van der Waals surface area contributed by atoms with Crippen LogP contribution in [0.15, 0.2) is 30.5 Å². The molecule has 0 unspecified atom stereocenters. The summed E-state index contributed by atoms with van der Waals surface area (Å²) < 4.78 is 5.86. The van der Waals surface area contributed by atoms with Crippen LogP contribution in [0.5, 0.6) is 0 Å². The van der Waals surface area contributed by atoms with Crippen LogP contribution < -0.4 is 10.2 Å². The van der Waals surface area contributed by atoms with E-state index in [-0.39, 0.29) is 29.6 Å². The van der Waals surface area contributed by atoms with Gasteiger partial charge in [0.15, 0.2) is 0 Å². The number of carbonyl (C=O) groups excluding carboxylic acids is 1. The normalized spacial score (nSPS) is 25.1. The number of aryl methyl sites for hydroxylation is 1. The molecule has 6 nitrogen and oxygen atoms in total. The molecule has 166 valence electrons. The van der Waals surface area contributed by atoms with Crippen molar-refractivity contribution in [2.45, 2.75) is 72.1 Å². The number of rotatable bonds is 4. The highest BCUT2D eigenvalue weighted by atomic mass is 16.5. The van der Waals surface area contributed by atoms with Gasteiger partial charge in [-0.25, -0.2) is 9.97 Å². The number of anilines is 1. The van der Waals surface area contributed by atoms with Crippen LogP contribution >= 0.6 is 0 Å². The molecule has 1 N–H and O–H groups in total. The number of aromatic nitrogens is 2. The number of ether oxygens (including phenoxy) is 1. The van der Waals surface area contributed by atoms with Gasteiger partial charge >= 0.3 is 0 Å². The van der Waals surface area contributed by atoms with Crippen molar-refractivity contribution in [1.29, 1.82) is 0 Å². The fourth-order valence-electron chi connectivity index (χ4n) is 4.89. The Morgan fingerprint density at radius 1 is 1.23 bits per heavy atom. The van der Waals surface area contributed by atoms with Crippen molar-refractivity contribution in [2.24, 2.45) is 5.41 Å². The van der Waals surface area contributed by atoms with Crippen LogP contribution in [-0.2, 0) is 22.4 Å². The third-order valence-electron chi connectivity index (χ3n) is 6.32. The first kappa shape index (κ1) is 21.8. The second kappa shape index (κ2) is 8.58. The van der Waals surface area contributed by atoms with Crippen LogP contribution in [0.3, 0.4) is 0 Å². The molecule has 1 aromatic heterocycles. The molecule has 0 radical (unpaired) electrons. The molecule has 4 rings (SSSR count). The first-order chi connectivity index (χ1) is 14.7. The van der Waals surface area contributed by atoms with Crippen molar-refractivity contribution < 1.29 is 9.53 Å². The molecule has 1 amide bonds. The van der Waals surface area contributed by atoms with Gasteiger partial charge in [-0.15, -0.1) is 0 Å². The Kier molecular flexibility index (Phi) is 6.02. The molecule has 0 spiro atoms. The summed E-state index contributed by atoms with van der Waals surface area (Å²) in [6.07, 6.45) is 4.41. The summed E-state index contributed by atoms with van der Waals surface area (Å²) in [5.74, 6) is 0.811. The Labute approximate surface area is 185 Å². The zero-order valence-electron chi connectivity index (χ0n) is 19.3. The molecule has 1 aliphatic carbocycles. The molecule has 31 heavy (non-hydrogen) atoms. The molecule has 3 atom stereocenters. The summed E-state index contributed by atoms with van der Waals surface area (Å²) in [5, 5.41) is 3.27. The molecule has 0 saturated carbocycles. The maximum Gasteiger partial charge on any atom is 0.225 e. The van der Waals surface area contributed by atoms with Gasteiger partial charge in [-0.2, -0.15) is 0 Å². The molecule has 2 heterocycles. The highest BCUT2D eigenvalue weighted by Crippen LogP contribution is 2.40. The van der Waals surface area contributed by atoms with E-state index in [2.05, 4.69) is 37.9 Å². The van der Waals surface area contributed by atoms with Crippen LogP contribution in [0.1, 0.15) is 62.5 Å². The number of hydrogen-bond acceptors (Lipinski definition) is 5. The average molecular weight is 423 g/mol. The third kappa shape index (κ3) is 5.06. The molecular weight excluding hydrogens is 388 g/mol. The zero-order valence-corrected chi connectivity index (χ0v) is 19.3. The van der Waals surface area contributed by atoms with Gasteiger partial charge in [-0.05, 0) is 50.2 Å². The van der Waals surface area contributed by atoms with E-state index in [1.165, 1.54) is 0 Å². The molecule has 6 heteroatoms. The number of benzene rings is 1. The molecule has 0 bridgehead atoms. The molecule has 1 aliphatic heterocycles. The maximum atomic E-state index is 12.9. The van der Waals surface area contributed by atoms with Crippen molar-refractivity contribution in [3.8, 4) is 0 Å². The molecule has 2 aliphatic rings. The summed E-state index contributed by atoms with van der Waals surface area (Å²) in [4.78, 5) is 24.7. The van der Waals surface area contributed by atoms with Gasteiger partial charge in [0.2, 0.25) is 11.9 Å². The van der Waals surface area contributed by atoms with E-state index in [4.69, 9.17) is 14.7 Å². The summed E-state index contributed by atoms with van der Waals surface area (Å²) >= 11 is 0. The Bertz CT molecular complexity index is 948. The minimum Gasteiger partial charge on any atom is -0.372 e. The van der Waals surface area contributed by atoms with E-state index in [0.29, 0.717) is 6.42 Å². The second-order valence-electron chi connectivity index (χ2n) is 10.0. The largest absolute Gasteiger partial charge is 0.372 e. The Morgan fingerprint density at radius 2 is 1.94 bits per heavy atom. The lowest BCUT2D eigenvalue weighted by molar-refractivity contribution is -0.121. The Balaban J connectivity index is 1.54. The topological polar surface area (TPSA) is 67.4 Å². The smallest absolute Gasteiger partial charge is 0.225 e. The molecule has 1 aromatic carbocycles. The Morgan fingerprint density at radius 3 is 2.65 bits per heavy atom. The monoisotopic (exact) mass is 422 g/mol. The predicted molar refractivity (Wildman–Crippen MR) is 122 cm³/mol. The van der Waals surface area contributed by atoms with Crippen molar-refractivity contribution >= 4 is 11.9 Å². The van der Waals surface area contributed by atoms with Gasteiger partial charge in [-0.1, -0.05) is 38.1 Å². The standard InChI is InChI=1S/C25H34N4O2/c1-16-8-6-7-9-19(16)10-23(30)27-21-11-25(4,5)12-22-20(21)13-26-24(28-22)29-14-17(2)31-18(3)15-29/h6-9,13,17-18,21H,10-12,14-15H2,1-5H3,(H,27,30)/t17-,18+,21-/m1/s1. The van der Waals surface area contributed by atoms with Gasteiger partial charge in [0.1, 0.15) is 0 Å². The lowest BCUT2D eigenvalue weighted by Crippen LogP contribution is -2.46. The third-order valence-corrected chi connectivity index (χ3v) is 6.32. The first-order valence-corrected chi connectivity index (χ1v) is 11.3. The molecular formula is C25H34N4O2. The average Bonchev–Trinajstić information content (AvgIpc) is 2.67. The van der Waals surface area contributed by atoms with Crippen LogP contribution in [0.4, 0.5) is 5.95 Å². The fraction of sp³-hybridized carbons (Fsp3) is 0.560. The van der Waals surface area contributed by atoms with E-state index >= 15 is 0 Å². The van der Waals surface area contributed by atoms with Gasteiger partial charge in [0.05, 0.1) is 30.4 Å². The number of nitrogens with zero attached hydrogens (tertiary/aromatic N) is 3. The minimum atomic E-state index is -0.0631. The van der Waals surface area contributed by atoms with Crippen molar-refractivity contribution in [1.82, 2.24) is 15.3 Å². The van der Waals surface area contributed by atoms with Crippen molar-refractivity contribution in [2.75, 3.05) is 18.0 Å². The van der Waals surface area contributed by atoms with Gasteiger partial charge in [-0.3, -0.25) is 4.79 Å². The van der Waals surface area contributed by atoms with E-state index in [1.807, 2.05) is 37.4 Å². The maximum absolute atomic E-state index is 12.9. The number of morpholine rings is 1. The fourth-order valence-corrected chi connectivity index (χ4v) is 4.89. The summed E-state index contributed by atoms with van der Waals surface area (Å²) in [6, 6.07) is 7.99. The zero-order chi connectivity index (χ0) is 22.2. The van der Waals surface area contributed by atoms with Crippen LogP contribution in [0.25, 0.3) is 0 Å². The van der Waals surface area contributed by atoms with E-state index in [1.54, 1.807) is 0 Å². The quantitative estimate of drug-likeness (QED) is 0.812. The lowest BCUT2D eigenvalue weighted by Gasteiger charge is -2.38. The lowest BCUT2D eigenvalue weighted by atomic mass is 9.74. The number of nitrogens with one attached hydrogen (secondary N) is 1. The number of fused-ring (bicyclic) bond motifs is 1. The molecule has 2 aromatic rings. The minimum absolute atomic E-state index is 0.0443. The van der Waals surface area contributed by atoms with Gasteiger partial charge in [0, 0.05) is 24.8 Å². The van der Waals surface area contributed by atoms with Crippen molar-refractivity contribution in [3.63, 3.8) is 0 Å². The van der Waals surface area contributed by atoms with E-state index in [0.717, 1.165) is 54.3 Å². The first-order valence-electron chi connectivity index (χ1n) is 11.3. The summed E-state index contributed by atoms with van der Waals surface area (Å²) in [7, 11) is 0. The number of amides is 1. The highest BCUT2D eigenvalue weighted by molar-refractivity contribution is 5.79. The van der Waals surface area contributed by atoms with Crippen LogP contribution in [0, 0.1) is 12.3 Å². The van der Waals surface area contributed by atoms with Crippen molar-refractivity contribution in [3.05, 3.63) is 52.8 Å². The second-order valence-corrected chi connectivity index (χ2v) is 10.0. The highest BCUT2D eigenvalue weighted by Gasteiger charge is 2.35. The van der Waals surface area contributed by atoms with Gasteiger partial charge in [0.25, 0.3) is 0 Å². The summed E-state index contributed by atoms with van der Waals surface area (Å²) in [5.41, 5.74) is 4.37. The number of hydrogen-bond donors (Lipinski definition) is 1. The predicted octanol–water partition coefficient (Wildman–Crippen LogP) is 3.77. The molecule has 1 fully saturated rings.